The molecule has 29 heavy (non-hydrogen) atoms. The lowest BCUT2D eigenvalue weighted by molar-refractivity contribution is -0.197. The Morgan fingerprint density at radius 3 is 1.97 bits per heavy atom. The number of alkyl carbamates (subject to hydrolysis) is 2. The van der Waals surface area contributed by atoms with Crippen LogP contribution >= 0.6 is 0 Å². The van der Waals surface area contributed by atoms with Crippen molar-refractivity contribution in [3.05, 3.63) is 0 Å². The molecule has 2 N–H and O–H groups in total. The van der Waals surface area contributed by atoms with Gasteiger partial charge >= 0.3 is 18.2 Å². The smallest absolute Gasteiger partial charge is 0.407 e. The van der Waals surface area contributed by atoms with Gasteiger partial charge in [-0.05, 0) is 20.3 Å². The van der Waals surface area contributed by atoms with Crippen LogP contribution in [0, 0.1) is 0 Å². The number of carbonyl (C=O) groups excluding carboxylic acids is 5. The van der Waals surface area contributed by atoms with Gasteiger partial charge in [0, 0.05) is 32.5 Å². The first kappa shape index (κ1) is 24.1. The van der Waals surface area contributed by atoms with E-state index in [2.05, 4.69) is 10.6 Å². The Hall–Kier alpha value is -2.89. The highest BCUT2D eigenvalue weighted by molar-refractivity contribution is 6.01. The van der Waals surface area contributed by atoms with Crippen LogP contribution in [-0.2, 0) is 33.4 Å². The van der Waals surface area contributed by atoms with Crippen LogP contribution < -0.4 is 10.6 Å². The number of nitrogens with one attached hydrogen (secondary N) is 2. The van der Waals surface area contributed by atoms with Crippen LogP contribution in [0.5, 0.6) is 0 Å². The summed E-state index contributed by atoms with van der Waals surface area (Å²) in [6.07, 6.45) is -1.85. The van der Waals surface area contributed by atoms with Gasteiger partial charge in [0.1, 0.15) is 19.3 Å². The summed E-state index contributed by atoms with van der Waals surface area (Å²) in [5.74, 6) is -1.85. The van der Waals surface area contributed by atoms with E-state index in [1.54, 1.807) is 13.8 Å². The predicted octanol–water partition coefficient (Wildman–Crippen LogP) is 0.251. The van der Waals surface area contributed by atoms with Crippen molar-refractivity contribution in [1.29, 1.82) is 0 Å². The van der Waals surface area contributed by atoms with Gasteiger partial charge in [-0.25, -0.2) is 14.4 Å². The van der Waals surface area contributed by atoms with Gasteiger partial charge in [-0.15, -0.1) is 5.06 Å². The average molecular weight is 417 g/mol. The molecule has 1 aliphatic rings. The lowest BCUT2D eigenvalue weighted by Gasteiger charge is -2.18. The van der Waals surface area contributed by atoms with Crippen LogP contribution in [0.3, 0.4) is 0 Å². The molecular weight excluding hydrogens is 390 g/mol. The minimum atomic E-state index is -0.745. The lowest BCUT2D eigenvalue weighted by atomic mass is 10.3. The number of amides is 4. The summed E-state index contributed by atoms with van der Waals surface area (Å²) in [4.78, 5) is 62.1. The van der Waals surface area contributed by atoms with Crippen molar-refractivity contribution in [2.24, 2.45) is 0 Å². The molecule has 12 nitrogen and oxygen atoms in total. The number of imide groups is 1. The molecule has 12 heteroatoms. The summed E-state index contributed by atoms with van der Waals surface area (Å²) in [5, 5.41) is 5.38. The van der Waals surface area contributed by atoms with Gasteiger partial charge in [0.2, 0.25) is 0 Å². The van der Waals surface area contributed by atoms with Crippen molar-refractivity contribution >= 4 is 30.0 Å². The molecule has 1 rings (SSSR count). The molecule has 0 unspecified atom stereocenters. The number of hydrogen-bond acceptors (Lipinski definition) is 9. The van der Waals surface area contributed by atoms with Gasteiger partial charge in [-0.1, -0.05) is 0 Å². The first-order valence-corrected chi connectivity index (χ1v) is 9.36. The van der Waals surface area contributed by atoms with E-state index in [1.807, 2.05) is 0 Å². The van der Waals surface area contributed by atoms with Crippen molar-refractivity contribution in [2.75, 3.05) is 32.9 Å². The number of hydroxylamine groups is 2. The van der Waals surface area contributed by atoms with E-state index in [1.165, 1.54) is 0 Å². The topological polar surface area (TPSA) is 150 Å². The number of ether oxygens (including phenoxy) is 3. The SMILES string of the molecule is CCNC(=O)OCC(COC(=O)NCC)OCCCC(=O)ON1C(=O)CCC1=O. The molecule has 0 aliphatic carbocycles. The minimum absolute atomic E-state index is 0.0219. The third kappa shape index (κ3) is 9.74. The van der Waals surface area contributed by atoms with E-state index in [4.69, 9.17) is 19.0 Å². The molecule has 0 aromatic carbocycles. The van der Waals surface area contributed by atoms with Gasteiger partial charge < -0.3 is 29.7 Å². The maximum atomic E-state index is 11.7. The second kappa shape index (κ2) is 13.3. The van der Waals surface area contributed by atoms with E-state index in [0.717, 1.165) is 0 Å². The Morgan fingerprint density at radius 1 is 0.966 bits per heavy atom. The van der Waals surface area contributed by atoms with Crippen molar-refractivity contribution in [1.82, 2.24) is 15.7 Å². The Labute approximate surface area is 168 Å². The van der Waals surface area contributed by atoms with E-state index in [0.29, 0.717) is 18.2 Å². The van der Waals surface area contributed by atoms with Crippen LogP contribution in [0.2, 0.25) is 0 Å². The Balaban J connectivity index is 2.35. The third-order valence-electron chi connectivity index (χ3n) is 3.52. The van der Waals surface area contributed by atoms with Crippen LogP contribution in [-0.4, -0.2) is 74.0 Å². The zero-order valence-electron chi connectivity index (χ0n) is 16.6. The van der Waals surface area contributed by atoms with E-state index in [-0.39, 0.29) is 45.5 Å². The summed E-state index contributed by atoms with van der Waals surface area (Å²) < 4.78 is 15.4. The third-order valence-corrected chi connectivity index (χ3v) is 3.52. The van der Waals surface area contributed by atoms with Gasteiger partial charge in [-0.3, -0.25) is 9.59 Å². The van der Waals surface area contributed by atoms with Crippen molar-refractivity contribution in [2.45, 2.75) is 45.6 Å². The zero-order chi connectivity index (χ0) is 21.6. The fraction of sp³-hybridized carbons (Fsp3) is 0.706. The van der Waals surface area contributed by atoms with E-state index >= 15 is 0 Å². The molecule has 0 bridgehead atoms. The standard InChI is InChI=1S/C17H27N3O9/c1-3-18-16(24)27-10-12(11-28-17(25)19-4-2)26-9-5-6-15(23)29-20-13(21)7-8-14(20)22/h12H,3-11H2,1-2H3,(H,18,24)(H,19,25). The summed E-state index contributed by atoms with van der Waals surface area (Å²) in [6, 6.07) is 0. The first-order chi connectivity index (χ1) is 13.9. The van der Waals surface area contributed by atoms with Gasteiger partial charge in [0.25, 0.3) is 11.8 Å². The Morgan fingerprint density at radius 2 is 1.48 bits per heavy atom. The molecule has 4 amide bonds. The van der Waals surface area contributed by atoms with Crippen molar-refractivity contribution in [3.63, 3.8) is 0 Å². The second-order valence-corrected chi connectivity index (χ2v) is 5.90. The highest BCUT2D eigenvalue weighted by Crippen LogP contribution is 2.13. The molecule has 0 aromatic rings. The summed E-state index contributed by atoms with van der Waals surface area (Å²) in [5.41, 5.74) is 0. The number of nitrogens with zero attached hydrogens (tertiary/aromatic N) is 1. The first-order valence-electron chi connectivity index (χ1n) is 9.36. The van der Waals surface area contributed by atoms with Gasteiger partial charge in [0.05, 0.1) is 6.42 Å². The van der Waals surface area contributed by atoms with Crippen molar-refractivity contribution < 1.29 is 43.0 Å². The summed E-state index contributed by atoms with van der Waals surface area (Å²) in [7, 11) is 0. The van der Waals surface area contributed by atoms with Crippen LogP contribution in [0.4, 0.5) is 9.59 Å². The summed E-state index contributed by atoms with van der Waals surface area (Å²) >= 11 is 0. The Kier molecular flexibility index (Phi) is 11.1. The van der Waals surface area contributed by atoms with Crippen LogP contribution in [0.15, 0.2) is 0 Å². The highest BCUT2D eigenvalue weighted by atomic mass is 16.7. The molecule has 1 aliphatic heterocycles. The van der Waals surface area contributed by atoms with Crippen molar-refractivity contribution in [3.8, 4) is 0 Å². The molecule has 0 spiro atoms. The monoisotopic (exact) mass is 417 g/mol. The average Bonchev–Trinajstić information content (AvgIpc) is 2.99. The molecule has 1 saturated heterocycles. The zero-order valence-corrected chi connectivity index (χ0v) is 16.6. The fourth-order valence-corrected chi connectivity index (χ4v) is 2.14. The number of hydrogen-bond donors (Lipinski definition) is 2. The second-order valence-electron chi connectivity index (χ2n) is 5.90. The quantitative estimate of drug-likeness (QED) is 0.336. The largest absolute Gasteiger partial charge is 0.447 e. The fourth-order valence-electron chi connectivity index (χ4n) is 2.14. The summed E-state index contributed by atoms with van der Waals surface area (Å²) in [6.45, 7) is 4.00. The van der Waals surface area contributed by atoms with Gasteiger partial charge in [-0.2, -0.15) is 0 Å². The molecule has 0 atom stereocenters. The lowest BCUT2D eigenvalue weighted by Crippen LogP contribution is -2.34. The van der Waals surface area contributed by atoms with Gasteiger partial charge in [0.15, 0.2) is 0 Å². The molecule has 0 aromatic heterocycles. The number of carbonyl (C=O) groups is 5. The number of rotatable bonds is 12. The highest BCUT2D eigenvalue weighted by Gasteiger charge is 2.32. The molecule has 164 valence electrons. The molecule has 1 fully saturated rings. The molecular formula is C17H27N3O9. The minimum Gasteiger partial charge on any atom is -0.447 e. The Bertz CT molecular complexity index is 559. The van der Waals surface area contributed by atoms with E-state index in [9.17, 15) is 24.0 Å². The molecule has 0 radical (unpaired) electrons. The van der Waals surface area contributed by atoms with Crippen LogP contribution in [0.25, 0.3) is 0 Å². The van der Waals surface area contributed by atoms with Crippen LogP contribution in [0.1, 0.15) is 39.5 Å². The molecule has 1 heterocycles. The maximum absolute atomic E-state index is 11.7. The van der Waals surface area contributed by atoms with E-state index < -0.39 is 36.1 Å². The normalized spacial score (nSPS) is 13.4. The molecule has 0 saturated carbocycles. The maximum Gasteiger partial charge on any atom is 0.407 e. The predicted molar refractivity (Wildman–Crippen MR) is 96.2 cm³/mol.